The fourth-order valence-electron chi connectivity index (χ4n) is 0.942. The number of rotatable bonds is 3. The van der Waals surface area contributed by atoms with Crippen LogP contribution in [0.15, 0.2) is 6.33 Å². The van der Waals surface area contributed by atoms with Gasteiger partial charge in [-0.15, -0.1) is 0 Å². The molecular formula is C9H16N4O. The summed E-state index contributed by atoms with van der Waals surface area (Å²) in [5.74, 6) is 1.12. The van der Waals surface area contributed by atoms with Crippen molar-refractivity contribution in [3.63, 3.8) is 0 Å². The highest BCUT2D eigenvalue weighted by Crippen LogP contribution is 2.15. The van der Waals surface area contributed by atoms with E-state index < -0.39 is 5.60 Å². The van der Waals surface area contributed by atoms with E-state index in [-0.39, 0.29) is 0 Å². The molecule has 5 heteroatoms. The first kappa shape index (κ1) is 10.7. The van der Waals surface area contributed by atoms with Gasteiger partial charge in [0.25, 0.3) is 0 Å². The predicted molar refractivity (Wildman–Crippen MR) is 56.0 cm³/mol. The molecule has 0 spiro atoms. The van der Waals surface area contributed by atoms with Crippen LogP contribution >= 0.6 is 0 Å². The molecular weight excluding hydrogens is 180 g/mol. The second kappa shape index (κ2) is 3.79. The quantitative estimate of drug-likeness (QED) is 0.657. The van der Waals surface area contributed by atoms with Crippen LogP contribution in [0.5, 0.6) is 0 Å². The largest absolute Gasteiger partial charge is 0.389 e. The van der Waals surface area contributed by atoms with Gasteiger partial charge in [-0.25, -0.2) is 9.97 Å². The third kappa shape index (κ3) is 2.85. The average Bonchev–Trinajstić information content (AvgIpc) is 2.06. The lowest BCUT2D eigenvalue weighted by molar-refractivity contribution is 0.0944. The van der Waals surface area contributed by atoms with Gasteiger partial charge in [-0.2, -0.15) is 0 Å². The number of nitrogen functional groups attached to an aromatic ring is 1. The maximum Gasteiger partial charge on any atom is 0.134 e. The third-order valence-corrected chi connectivity index (χ3v) is 1.81. The van der Waals surface area contributed by atoms with Gasteiger partial charge in [0.05, 0.1) is 5.60 Å². The Labute approximate surface area is 83.4 Å². The molecule has 0 amide bonds. The molecule has 1 aromatic heterocycles. The summed E-state index contributed by atoms with van der Waals surface area (Å²) < 4.78 is 0. The number of aromatic nitrogens is 2. The third-order valence-electron chi connectivity index (χ3n) is 1.81. The SMILES string of the molecule is Cc1c(N)ncnc1NCC(C)(C)O. The van der Waals surface area contributed by atoms with Gasteiger partial charge in [-0.05, 0) is 20.8 Å². The summed E-state index contributed by atoms with van der Waals surface area (Å²) in [6.45, 7) is 5.70. The van der Waals surface area contributed by atoms with E-state index in [9.17, 15) is 5.11 Å². The maximum atomic E-state index is 9.50. The topological polar surface area (TPSA) is 84.1 Å². The molecule has 1 heterocycles. The van der Waals surface area contributed by atoms with Crippen molar-refractivity contribution in [1.29, 1.82) is 0 Å². The molecule has 0 aliphatic heterocycles. The molecule has 0 aromatic carbocycles. The van der Waals surface area contributed by atoms with E-state index in [1.54, 1.807) is 13.8 Å². The number of anilines is 2. The van der Waals surface area contributed by atoms with Crippen molar-refractivity contribution < 1.29 is 5.11 Å². The Balaban J connectivity index is 2.73. The van der Waals surface area contributed by atoms with Gasteiger partial charge in [0.2, 0.25) is 0 Å². The minimum absolute atomic E-state index is 0.421. The van der Waals surface area contributed by atoms with Crippen molar-refractivity contribution in [3.05, 3.63) is 11.9 Å². The van der Waals surface area contributed by atoms with Crippen LogP contribution in [0.4, 0.5) is 11.6 Å². The van der Waals surface area contributed by atoms with Gasteiger partial charge in [0, 0.05) is 12.1 Å². The molecule has 0 saturated carbocycles. The van der Waals surface area contributed by atoms with Gasteiger partial charge in [0.15, 0.2) is 0 Å². The normalized spacial score (nSPS) is 11.4. The molecule has 0 aliphatic rings. The molecule has 14 heavy (non-hydrogen) atoms. The number of nitrogens with two attached hydrogens (primary N) is 1. The fraction of sp³-hybridized carbons (Fsp3) is 0.556. The number of nitrogens with zero attached hydrogens (tertiary/aromatic N) is 2. The number of nitrogens with one attached hydrogen (secondary N) is 1. The molecule has 5 nitrogen and oxygen atoms in total. The average molecular weight is 196 g/mol. The van der Waals surface area contributed by atoms with E-state index in [1.807, 2.05) is 6.92 Å². The van der Waals surface area contributed by atoms with Crippen LogP contribution in [0.3, 0.4) is 0 Å². The minimum atomic E-state index is -0.772. The molecule has 0 radical (unpaired) electrons. The van der Waals surface area contributed by atoms with E-state index in [1.165, 1.54) is 6.33 Å². The van der Waals surface area contributed by atoms with E-state index in [0.29, 0.717) is 18.2 Å². The summed E-state index contributed by atoms with van der Waals surface area (Å²) in [5.41, 5.74) is 5.64. The predicted octanol–water partition coefficient (Wildman–Crippen LogP) is 0.550. The highest BCUT2D eigenvalue weighted by atomic mass is 16.3. The van der Waals surface area contributed by atoms with Crippen LogP contribution in [0, 0.1) is 6.92 Å². The number of aliphatic hydroxyl groups is 1. The molecule has 0 atom stereocenters. The molecule has 0 bridgehead atoms. The van der Waals surface area contributed by atoms with E-state index >= 15 is 0 Å². The van der Waals surface area contributed by atoms with Crippen molar-refractivity contribution in [2.45, 2.75) is 26.4 Å². The molecule has 0 unspecified atom stereocenters. The van der Waals surface area contributed by atoms with Crippen LogP contribution < -0.4 is 11.1 Å². The van der Waals surface area contributed by atoms with Crippen LogP contribution in [-0.4, -0.2) is 27.2 Å². The second-order valence-electron chi connectivity index (χ2n) is 3.90. The molecule has 0 aliphatic carbocycles. The monoisotopic (exact) mass is 196 g/mol. The molecule has 78 valence electrons. The Bertz CT molecular complexity index is 319. The van der Waals surface area contributed by atoms with Gasteiger partial charge in [-0.3, -0.25) is 0 Å². The maximum absolute atomic E-state index is 9.50. The lowest BCUT2D eigenvalue weighted by Crippen LogP contribution is -2.30. The molecule has 0 fully saturated rings. The Kier molecular flexibility index (Phi) is 2.90. The lowest BCUT2D eigenvalue weighted by Gasteiger charge is -2.18. The number of hydrogen-bond acceptors (Lipinski definition) is 5. The Hall–Kier alpha value is -1.36. The van der Waals surface area contributed by atoms with Crippen molar-refractivity contribution >= 4 is 11.6 Å². The lowest BCUT2D eigenvalue weighted by atomic mass is 10.1. The fourth-order valence-corrected chi connectivity index (χ4v) is 0.942. The first-order valence-corrected chi connectivity index (χ1v) is 4.43. The van der Waals surface area contributed by atoms with Gasteiger partial charge >= 0.3 is 0 Å². The molecule has 1 rings (SSSR count). The van der Waals surface area contributed by atoms with Gasteiger partial charge in [0.1, 0.15) is 18.0 Å². The zero-order valence-electron chi connectivity index (χ0n) is 8.70. The summed E-state index contributed by atoms with van der Waals surface area (Å²) >= 11 is 0. The van der Waals surface area contributed by atoms with E-state index in [2.05, 4.69) is 15.3 Å². The van der Waals surface area contributed by atoms with Crippen molar-refractivity contribution in [2.24, 2.45) is 0 Å². The highest BCUT2D eigenvalue weighted by molar-refractivity contribution is 5.53. The first-order chi connectivity index (χ1) is 6.40. The van der Waals surface area contributed by atoms with E-state index in [4.69, 9.17) is 5.73 Å². The Morgan fingerprint density at radius 3 is 2.71 bits per heavy atom. The molecule has 4 N–H and O–H groups in total. The van der Waals surface area contributed by atoms with Crippen LogP contribution in [-0.2, 0) is 0 Å². The van der Waals surface area contributed by atoms with E-state index in [0.717, 1.165) is 5.56 Å². The first-order valence-electron chi connectivity index (χ1n) is 4.43. The summed E-state index contributed by atoms with van der Waals surface area (Å²) in [5, 5.41) is 12.5. The van der Waals surface area contributed by atoms with Crippen LogP contribution in [0.1, 0.15) is 19.4 Å². The highest BCUT2D eigenvalue weighted by Gasteiger charge is 2.13. The smallest absolute Gasteiger partial charge is 0.134 e. The second-order valence-corrected chi connectivity index (χ2v) is 3.90. The zero-order chi connectivity index (χ0) is 10.8. The Morgan fingerprint density at radius 1 is 1.50 bits per heavy atom. The van der Waals surface area contributed by atoms with Crippen molar-refractivity contribution in [1.82, 2.24) is 9.97 Å². The Morgan fingerprint density at radius 2 is 2.14 bits per heavy atom. The minimum Gasteiger partial charge on any atom is -0.389 e. The summed E-state index contributed by atoms with van der Waals surface area (Å²) in [7, 11) is 0. The zero-order valence-corrected chi connectivity index (χ0v) is 8.70. The summed E-state index contributed by atoms with van der Waals surface area (Å²) in [6, 6.07) is 0. The van der Waals surface area contributed by atoms with Crippen LogP contribution in [0.25, 0.3) is 0 Å². The van der Waals surface area contributed by atoms with Crippen molar-refractivity contribution in [3.8, 4) is 0 Å². The number of hydrogen-bond donors (Lipinski definition) is 3. The molecule has 0 saturated heterocycles. The van der Waals surface area contributed by atoms with Crippen LogP contribution in [0.2, 0.25) is 0 Å². The summed E-state index contributed by atoms with van der Waals surface area (Å²) in [6.07, 6.45) is 1.40. The molecule has 1 aromatic rings. The van der Waals surface area contributed by atoms with Gasteiger partial charge < -0.3 is 16.2 Å². The van der Waals surface area contributed by atoms with Gasteiger partial charge in [-0.1, -0.05) is 0 Å². The summed E-state index contributed by atoms with van der Waals surface area (Å²) in [4.78, 5) is 7.88. The standard InChI is InChI=1S/C9H16N4O/c1-6-7(10)12-5-13-8(6)11-4-9(2,3)14/h5,14H,4H2,1-3H3,(H3,10,11,12,13). The van der Waals surface area contributed by atoms with Crippen molar-refractivity contribution in [2.75, 3.05) is 17.6 Å².